The Balaban J connectivity index is 0.000000364. The summed E-state index contributed by atoms with van der Waals surface area (Å²) in [6.07, 6.45) is 2.50. The Morgan fingerprint density at radius 3 is 2.50 bits per heavy atom. The van der Waals surface area contributed by atoms with Crippen LogP contribution in [-0.4, -0.2) is 11.7 Å². The molecule has 0 saturated heterocycles. The maximum absolute atomic E-state index is 9.19. The Hall–Kier alpha value is -0.850. The third-order valence-electron chi connectivity index (χ3n) is 1.52. The first-order valence-electron chi connectivity index (χ1n) is 4.45. The highest BCUT2D eigenvalue weighted by Gasteiger charge is 1.93. The predicted octanol–water partition coefficient (Wildman–Crippen LogP) is 2.93. The molecule has 2 nitrogen and oxygen atoms in total. The van der Waals surface area contributed by atoms with Gasteiger partial charge in [-0.25, -0.2) is 0 Å². The number of rotatable bonds is 3. The van der Waals surface area contributed by atoms with Crippen LogP contribution in [-0.2, 0) is 10.9 Å². The number of hydrogen-bond donors (Lipinski definition) is 1. The van der Waals surface area contributed by atoms with Crippen LogP contribution in [0.2, 0.25) is 0 Å². The van der Waals surface area contributed by atoms with Crippen molar-refractivity contribution in [1.29, 1.82) is 0 Å². The Morgan fingerprint density at radius 2 is 2.07 bits per heavy atom. The summed E-state index contributed by atoms with van der Waals surface area (Å²) in [7, 11) is 2.16. The first kappa shape index (κ1) is 13.2. The van der Waals surface area contributed by atoms with Gasteiger partial charge in [-0.15, -0.1) is 6.58 Å². The standard InChI is InChI=1S/C9H10O.C2H7OP/c1-2-5-8-6-3-4-7-9(8)10;1-2-3-4/h2-4,6-7,10H,1,5H2;2,4H2,1H3. The summed E-state index contributed by atoms with van der Waals surface area (Å²) in [6.45, 7) is 6.31. The Kier molecular flexibility index (Phi) is 8.20. The van der Waals surface area contributed by atoms with Gasteiger partial charge in [0.05, 0.1) is 0 Å². The second-order valence-electron chi connectivity index (χ2n) is 2.58. The molecule has 0 spiro atoms. The minimum absolute atomic E-state index is 0.349. The molecule has 0 heterocycles. The van der Waals surface area contributed by atoms with E-state index in [4.69, 9.17) is 0 Å². The van der Waals surface area contributed by atoms with Crippen molar-refractivity contribution >= 4 is 9.47 Å². The van der Waals surface area contributed by atoms with E-state index in [1.165, 1.54) is 0 Å². The zero-order valence-corrected chi connectivity index (χ0v) is 9.60. The minimum Gasteiger partial charge on any atom is -0.508 e. The van der Waals surface area contributed by atoms with Crippen LogP contribution in [0.3, 0.4) is 0 Å². The van der Waals surface area contributed by atoms with Crippen LogP contribution >= 0.6 is 9.47 Å². The maximum Gasteiger partial charge on any atom is 0.119 e. The fraction of sp³-hybridized carbons (Fsp3) is 0.273. The van der Waals surface area contributed by atoms with Gasteiger partial charge in [-0.3, -0.25) is 0 Å². The van der Waals surface area contributed by atoms with E-state index in [0.29, 0.717) is 5.75 Å². The molecular weight excluding hydrogens is 195 g/mol. The van der Waals surface area contributed by atoms with Gasteiger partial charge in [0.2, 0.25) is 0 Å². The molecular formula is C11H17O2P. The molecule has 0 aromatic heterocycles. The fourth-order valence-electron chi connectivity index (χ4n) is 0.839. The van der Waals surface area contributed by atoms with E-state index >= 15 is 0 Å². The number of phenolic OH excluding ortho intramolecular Hbond substituents is 1. The van der Waals surface area contributed by atoms with Crippen molar-refractivity contribution in [3.05, 3.63) is 42.5 Å². The molecule has 3 heteroatoms. The summed E-state index contributed by atoms with van der Waals surface area (Å²) in [4.78, 5) is 0. The zero-order chi connectivity index (χ0) is 10.8. The normalized spacial score (nSPS) is 8.71. The van der Waals surface area contributed by atoms with E-state index in [9.17, 15) is 5.11 Å². The van der Waals surface area contributed by atoms with Gasteiger partial charge in [-0.1, -0.05) is 24.3 Å². The number of para-hydroxylation sites is 1. The molecule has 1 N–H and O–H groups in total. The van der Waals surface area contributed by atoms with Crippen molar-refractivity contribution in [2.24, 2.45) is 0 Å². The van der Waals surface area contributed by atoms with Gasteiger partial charge in [-0.2, -0.15) is 0 Å². The van der Waals surface area contributed by atoms with E-state index in [0.717, 1.165) is 18.6 Å². The maximum atomic E-state index is 9.19. The van der Waals surface area contributed by atoms with Gasteiger partial charge in [0.1, 0.15) is 5.75 Å². The average molecular weight is 212 g/mol. The summed E-state index contributed by atoms with van der Waals surface area (Å²) in [5.41, 5.74) is 0.928. The number of allylic oxidation sites excluding steroid dienone is 1. The zero-order valence-electron chi connectivity index (χ0n) is 8.44. The third kappa shape index (κ3) is 5.74. The first-order chi connectivity index (χ1) is 6.76. The van der Waals surface area contributed by atoms with E-state index in [2.05, 4.69) is 20.6 Å². The van der Waals surface area contributed by atoms with Crippen molar-refractivity contribution in [3.8, 4) is 5.75 Å². The molecule has 0 aliphatic rings. The second kappa shape index (κ2) is 8.74. The summed E-state index contributed by atoms with van der Waals surface area (Å²) in [5, 5.41) is 9.19. The smallest absolute Gasteiger partial charge is 0.119 e. The van der Waals surface area contributed by atoms with Gasteiger partial charge >= 0.3 is 0 Å². The Morgan fingerprint density at radius 1 is 1.50 bits per heavy atom. The van der Waals surface area contributed by atoms with Gasteiger partial charge in [-0.05, 0) is 25.0 Å². The molecule has 0 saturated carbocycles. The van der Waals surface area contributed by atoms with Crippen molar-refractivity contribution in [2.45, 2.75) is 13.3 Å². The van der Waals surface area contributed by atoms with Crippen molar-refractivity contribution < 1.29 is 9.63 Å². The van der Waals surface area contributed by atoms with E-state index in [-0.39, 0.29) is 0 Å². The van der Waals surface area contributed by atoms with Crippen LogP contribution in [0.4, 0.5) is 0 Å². The van der Waals surface area contributed by atoms with Gasteiger partial charge in [0, 0.05) is 16.1 Å². The van der Waals surface area contributed by atoms with E-state index in [1.807, 2.05) is 25.1 Å². The lowest BCUT2D eigenvalue weighted by Crippen LogP contribution is -1.79. The summed E-state index contributed by atoms with van der Waals surface area (Å²) in [6, 6.07) is 7.27. The Bertz CT molecular complexity index is 259. The topological polar surface area (TPSA) is 29.5 Å². The van der Waals surface area contributed by atoms with Crippen LogP contribution in [0.1, 0.15) is 12.5 Å². The molecule has 78 valence electrons. The van der Waals surface area contributed by atoms with Crippen molar-refractivity contribution in [3.63, 3.8) is 0 Å². The quantitative estimate of drug-likeness (QED) is 0.616. The largest absolute Gasteiger partial charge is 0.508 e. The monoisotopic (exact) mass is 212 g/mol. The van der Waals surface area contributed by atoms with E-state index < -0.39 is 0 Å². The number of phenols is 1. The summed E-state index contributed by atoms with van der Waals surface area (Å²) >= 11 is 0. The SMILES string of the molecule is C=CCc1ccccc1O.CCOP. The molecule has 1 unspecified atom stereocenters. The highest BCUT2D eigenvalue weighted by atomic mass is 31.0. The van der Waals surface area contributed by atoms with Crippen LogP contribution in [0, 0.1) is 0 Å². The molecule has 0 fully saturated rings. The summed E-state index contributed by atoms with van der Waals surface area (Å²) in [5.74, 6) is 0.349. The number of benzene rings is 1. The lowest BCUT2D eigenvalue weighted by molar-refractivity contribution is 0.400. The number of aromatic hydroxyl groups is 1. The molecule has 0 aliphatic carbocycles. The van der Waals surface area contributed by atoms with E-state index in [1.54, 1.807) is 12.1 Å². The van der Waals surface area contributed by atoms with Gasteiger partial charge < -0.3 is 9.63 Å². The lowest BCUT2D eigenvalue weighted by Gasteiger charge is -1.97. The first-order valence-corrected chi connectivity index (χ1v) is 4.92. The van der Waals surface area contributed by atoms with Gasteiger partial charge in [0.15, 0.2) is 0 Å². The predicted molar refractivity (Wildman–Crippen MR) is 63.3 cm³/mol. The Labute approximate surface area is 87.9 Å². The molecule has 0 bridgehead atoms. The fourth-order valence-corrected chi connectivity index (χ4v) is 0.839. The second-order valence-corrected chi connectivity index (χ2v) is 2.91. The molecule has 14 heavy (non-hydrogen) atoms. The third-order valence-corrected chi connectivity index (χ3v) is 1.86. The molecule has 0 aliphatic heterocycles. The molecule has 1 rings (SSSR count). The molecule has 1 aromatic rings. The highest BCUT2D eigenvalue weighted by Crippen LogP contribution is 2.15. The lowest BCUT2D eigenvalue weighted by atomic mass is 10.1. The van der Waals surface area contributed by atoms with Crippen molar-refractivity contribution in [1.82, 2.24) is 0 Å². The van der Waals surface area contributed by atoms with Gasteiger partial charge in [0.25, 0.3) is 0 Å². The highest BCUT2D eigenvalue weighted by molar-refractivity contribution is 7.09. The summed E-state index contributed by atoms with van der Waals surface area (Å²) < 4.78 is 4.46. The van der Waals surface area contributed by atoms with Crippen LogP contribution in [0.5, 0.6) is 5.75 Å². The minimum atomic E-state index is 0.349. The average Bonchev–Trinajstić information content (AvgIpc) is 2.22. The van der Waals surface area contributed by atoms with Crippen LogP contribution in [0.25, 0.3) is 0 Å². The van der Waals surface area contributed by atoms with Crippen molar-refractivity contribution in [2.75, 3.05) is 6.61 Å². The number of hydrogen-bond acceptors (Lipinski definition) is 2. The van der Waals surface area contributed by atoms with Crippen LogP contribution in [0.15, 0.2) is 36.9 Å². The molecule has 0 amide bonds. The van der Waals surface area contributed by atoms with Crippen LogP contribution < -0.4 is 0 Å². The molecule has 1 atom stereocenters. The molecule has 0 radical (unpaired) electrons. The molecule has 1 aromatic carbocycles.